The highest BCUT2D eigenvalue weighted by molar-refractivity contribution is 7.13. The zero-order valence-corrected chi connectivity index (χ0v) is 12.9. The molecule has 0 aliphatic heterocycles. The zero-order valence-electron chi connectivity index (χ0n) is 11.4. The van der Waals surface area contributed by atoms with Gasteiger partial charge in [0.1, 0.15) is 10.8 Å². The first kappa shape index (κ1) is 15.4. The number of hydrogen-bond donors (Lipinski definition) is 0. The van der Waals surface area contributed by atoms with Crippen LogP contribution in [0.4, 0.5) is 4.39 Å². The number of aromatic nitrogens is 1. The second-order valence-electron chi connectivity index (χ2n) is 4.49. The predicted molar refractivity (Wildman–Crippen MR) is 81.6 cm³/mol. The van der Waals surface area contributed by atoms with Crippen molar-refractivity contribution < 1.29 is 9.13 Å². The zero-order chi connectivity index (χ0) is 14.4. The normalized spacial score (nSPS) is 10.9. The summed E-state index contributed by atoms with van der Waals surface area (Å²) in [7, 11) is 0. The lowest BCUT2D eigenvalue weighted by Crippen LogP contribution is -1.98. The molecular formula is C15H17ClFNOS. The number of halogens is 2. The lowest BCUT2D eigenvalue weighted by atomic mass is 10.1. The van der Waals surface area contributed by atoms with Gasteiger partial charge in [-0.15, -0.1) is 22.9 Å². The summed E-state index contributed by atoms with van der Waals surface area (Å²) in [6.07, 6.45) is 2.07. The smallest absolute Gasteiger partial charge is 0.128 e. The van der Waals surface area contributed by atoms with E-state index >= 15 is 0 Å². The highest BCUT2D eigenvalue weighted by Gasteiger charge is 2.08. The number of benzene rings is 1. The van der Waals surface area contributed by atoms with E-state index in [1.807, 2.05) is 5.38 Å². The highest BCUT2D eigenvalue weighted by Crippen LogP contribution is 2.26. The number of unbranched alkanes of at least 4 members (excludes halogenated alkanes) is 1. The maximum atomic E-state index is 13.7. The first-order valence-corrected chi connectivity index (χ1v) is 8.03. The fourth-order valence-electron chi connectivity index (χ4n) is 1.75. The molecule has 1 aromatic carbocycles. The Morgan fingerprint density at radius 1 is 1.40 bits per heavy atom. The summed E-state index contributed by atoms with van der Waals surface area (Å²) in [6, 6.07) is 5.01. The van der Waals surface area contributed by atoms with E-state index in [-0.39, 0.29) is 5.82 Å². The molecule has 108 valence electrons. The minimum Gasteiger partial charge on any atom is -0.377 e. The minimum atomic E-state index is -0.237. The van der Waals surface area contributed by atoms with Gasteiger partial charge in [0.2, 0.25) is 0 Å². The van der Waals surface area contributed by atoms with E-state index in [0.717, 1.165) is 29.1 Å². The fourth-order valence-corrected chi connectivity index (χ4v) is 2.79. The van der Waals surface area contributed by atoms with Gasteiger partial charge in [-0.25, -0.2) is 9.37 Å². The van der Waals surface area contributed by atoms with Crippen LogP contribution in [0.2, 0.25) is 0 Å². The van der Waals surface area contributed by atoms with E-state index in [1.165, 1.54) is 17.4 Å². The molecule has 2 nitrogen and oxygen atoms in total. The molecule has 20 heavy (non-hydrogen) atoms. The standard InChI is InChI=1S/C15H17ClFNOS/c1-2-3-6-19-9-12-7-11(4-5-14(12)17)15-18-13(8-16)10-20-15/h4-5,7,10H,2-3,6,8-9H2,1H3. The number of hydrogen-bond acceptors (Lipinski definition) is 3. The van der Waals surface area contributed by atoms with Crippen LogP contribution in [-0.2, 0) is 17.2 Å². The third kappa shape index (κ3) is 4.01. The topological polar surface area (TPSA) is 22.1 Å². The van der Waals surface area contributed by atoms with E-state index in [9.17, 15) is 4.39 Å². The van der Waals surface area contributed by atoms with Crippen LogP contribution < -0.4 is 0 Å². The summed E-state index contributed by atoms with van der Waals surface area (Å²) in [6.45, 7) is 3.06. The largest absolute Gasteiger partial charge is 0.377 e. The molecule has 2 aromatic rings. The molecule has 2 rings (SSSR count). The van der Waals surface area contributed by atoms with Crippen molar-refractivity contribution in [3.05, 3.63) is 40.7 Å². The molecule has 0 radical (unpaired) electrons. The van der Waals surface area contributed by atoms with Gasteiger partial charge in [-0.2, -0.15) is 0 Å². The summed E-state index contributed by atoms with van der Waals surface area (Å²) in [5.74, 6) is 0.157. The van der Waals surface area contributed by atoms with Crippen molar-refractivity contribution in [2.45, 2.75) is 32.3 Å². The Balaban J connectivity index is 2.11. The predicted octanol–water partition coefficient (Wildman–Crippen LogP) is 5.00. The number of thiazole rings is 1. The average Bonchev–Trinajstić information content (AvgIpc) is 2.94. The monoisotopic (exact) mass is 313 g/mol. The number of rotatable bonds is 7. The highest BCUT2D eigenvalue weighted by atomic mass is 35.5. The van der Waals surface area contributed by atoms with Gasteiger partial charge in [0, 0.05) is 23.1 Å². The van der Waals surface area contributed by atoms with Crippen molar-refractivity contribution in [3.8, 4) is 10.6 Å². The SMILES string of the molecule is CCCCOCc1cc(-c2nc(CCl)cs2)ccc1F. The molecule has 0 aliphatic rings. The van der Waals surface area contributed by atoms with Crippen LogP contribution in [-0.4, -0.2) is 11.6 Å². The maximum Gasteiger partial charge on any atom is 0.128 e. The molecule has 0 saturated carbocycles. The molecule has 0 N–H and O–H groups in total. The van der Waals surface area contributed by atoms with Gasteiger partial charge in [0.25, 0.3) is 0 Å². The molecule has 0 spiro atoms. The van der Waals surface area contributed by atoms with Crippen molar-refractivity contribution in [1.29, 1.82) is 0 Å². The van der Waals surface area contributed by atoms with Crippen LogP contribution in [0.3, 0.4) is 0 Å². The number of nitrogens with zero attached hydrogens (tertiary/aromatic N) is 1. The van der Waals surface area contributed by atoms with Crippen LogP contribution in [0.5, 0.6) is 0 Å². The molecule has 0 amide bonds. The van der Waals surface area contributed by atoms with Crippen molar-refractivity contribution in [2.75, 3.05) is 6.61 Å². The van der Waals surface area contributed by atoms with Crippen LogP contribution in [0.25, 0.3) is 10.6 Å². The number of ether oxygens (including phenoxy) is 1. The lowest BCUT2D eigenvalue weighted by Gasteiger charge is -2.06. The van der Waals surface area contributed by atoms with Gasteiger partial charge >= 0.3 is 0 Å². The Morgan fingerprint density at radius 2 is 2.25 bits per heavy atom. The van der Waals surface area contributed by atoms with Gasteiger partial charge in [-0.05, 0) is 24.6 Å². The van der Waals surface area contributed by atoms with Crippen LogP contribution >= 0.6 is 22.9 Å². The average molecular weight is 314 g/mol. The summed E-state index contributed by atoms with van der Waals surface area (Å²) >= 11 is 7.26. The Bertz CT molecular complexity index is 559. The van der Waals surface area contributed by atoms with Crippen molar-refractivity contribution in [1.82, 2.24) is 4.98 Å². The van der Waals surface area contributed by atoms with Gasteiger partial charge in [0.15, 0.2) is 0 Å². The molecule has 1 heterocycles. The second-order valence-corrected chi connectivity index (χ2v) is 5.62. The van der Waals surface area contributed by atoms with Gasteiger partial charge in [-0.3, -0.25) is 0 Å². The molecule has 0 fully saturated rings. The first-order valence-electron chi connectivity index (χ1n) is 6.61. The summed E-state index contributed by atoms with van der Waals surface area (Å²) in [5, 5.41) is 2.78. The molecule has 0 aliphatic carbocycles. The van der Waals surface area contributed by atoms with Gasteiger partial charge in [0.05, 0.1) is 18.2 Å². The lowest BCUT2D eigenvalue weighted by molar-refractivity contribution is 0.116. The third-order valence-corrected chi connectivity index (χ3v) is 4.10. The number of alkyl halides is 1. The van der Waals surface area contributed by atoms with E-state index in [2.05, 4.69) is 11.9 Å². The summed E-state index contributed by atoms with van der Waals surface area (Å²) < 4.78 is 19.2. The molecule has 0 atom stereocenters. The maximum absolute atomic E-state index is 13.7. The van der Waals surface area contributed by atoms with Crippen molar-refractivity contribution in [2.24, 2.45) is 0 Å². The Morgan fingerprint density at radius 3 is 2.95 bits per heavy atom. The van der Waals surface area contributed by atoms with E-state index in [4.69, 9.17) is 16.3 Å². The van der Waals surface area contributed by atoms with Crippen molar-refractivity contribution >= 4 is 22.9 Å². The quantitative estimate of drug-likeness (QED) is 0.530. The molecule has 0 saturated heterocycles. The van der Waals surface area contributed by atoms with E-state index in [0.29, 0.717) is 24.7 Å². The Kier molecular flexibility index (Phi) is 5.95. The summed E-state index contributed by atoms with van der Waals surface area (Å²) in [4.78, 5) is 4.40. The van der Waals surface area contributed by atoms with Gasteiger partial charge in [-0.1, -0.05) is 13.3 Å². The fraction of sp³-hybridized carbons (Fsp3) is 0.400. The molecular weight excluding hydrogens is 297 g/mol. The van der Waals surface area contributed by atoms with Gasteiger partial charge < -0.3 is 4.74 Å². The van der Waals surface area contributed by atoms with Crippen molar-refractivity contribution in [3.63, 3.8) is 0 Å². The van der Waals surface area contributed by atoms with Crippen LogP contribution in [0, 0.1) is 5.82 Å². The molecule has 5 heteroatoms. The van der Waals surface area contributed by atoms with E-state index < -0.39 is 0 Å². The van der Waals surface area contributed by atoms with Crippen LogP contribution in [0.15, 0.2) is 23.6 Å². The Hall–Kier alpha value is -0.970. The van der Waals surface area contributed by atoms with Crippen LogP contribution in [0.1, 0.15) is 31.0 Å². The molecule has 1 aromatic heterocycles. The summed E-state index contributed by atoms with van der Waals surface area (Å²) in [5.41, 5.74) is 2.32. The second kappa shape index (κ2) is 7.72. The third-order valence-electron chi connectivity index (χ3n) is 2.88. The van der Waals surface area contributed by atoms with E-state index in [1.54, 1.807) is 12.1 Å². The first-order chi connectivity index (χ1) is 9.74. The molecule has 0 unspecified atom stereocenters. The molecule has 0 bridgehead atoms. The Labute approximate surface area is 127 Å². The minimum absolute atomic E-state index is 0.237.